The molecule has 1 aliphatic carbocycles. The van der Waals surface area contributed by atoms with Crippen molar-refractivity contribution in [2.75, 3.05) is 6.61 Å². The van der Waals surface area contributed by atoms with Crippen LogP contribution in [-0.4, -0.2) is 32.4 Å². The summed E-state index contributed by atoms with van der Waals surface area (Å²) in [7, 11) is 0. The third-order valence-corrected chi connectivity index (χ3v) is 5.93. The first-order valence-electron chi connectivity index (χ1n) is 10.5. The van der Waals surface area contributed by atoms with Gasteiger partial charge in [-0.1, -0.05) is 60.7 Å². The maximum absolute atomic E-state index is 9.84. The molecule has 0 unspecified atom stereocenters. The van der Waals surface area contributed by atoms with Gasteiger partial charge in [0.05, 0.1) is 12.6 Å². The summed E-state index contributed by atoms with van der Waals surface area (Å²) in [6.45, 7) is 1.60. The minimum absolute atomic E-state index is 0.0666. The summed E-state index contributed by atoms with van der Waals surface area (Å²) in [5, 5.41) is 19.6. The van der Waals surface area contributed by atoms with Crippen LogP contribution in [0.4, 0.5) is 0 Å². The van der Waals surface area contributed by atoms with Crippen LogP contribution in [0, 0.1) is 0 Å². The van der Waals surface area contributed by atoms with E-state index in [4.69, 9.17) is 5.73 Å². The van der Waals surface area contributed by atoms with Gasteiger partial charge in [0, 0.05) is 18.4 Å². The fourth-order valence-electron chi connectivity index (χ4n) is 4.06. The minimum atomic E-state index is -0.686. The van der Waals surface area contributed by atoms with E-state index in [2.05, 4.69) is 53.5 Å². The Balaban J connectivity index is 1.44. The average molecular weight is 404 g/mol. The van der Waals surface area contributed by atoms with Crippen LogP contribution in [0.1, 0.15) is 54.8 Å². The number of rotatable bonds is 7. The Morgan fingerprint density at radius 1 is 1.10 bits per heavy atom. The fraction of sp³-hybridized carbons (Fsp3) is 0.320. The zero-order chi connectivity index (χ0) is 21.1. The smallest absolute Gasteiger partial charge is 0.137 e. The third-order valence-electron chi connectivity index (χ3n) is 5.93. The summed E-state index contributed by atoms with van der Waals surface area (Å²) in [6.07, 6.45) is 8.82. The molecule has 1 saturated carbocycles. The highest BCUT2D eigenvalue weighted by atomic mass is 16.3. The standard InChI is InChI=1S/C25H29N3O2/c1-17(30)25-27-12-13-28(25)24(16-29)11-4-18-2-5-19(6-3-18)20-7-9-21(10-8-20)22-14-23(26)15-22/h2-13,17,22-24,29-30H,14-16,26H2,1H3/b11-4+/t17-,22?,23?,24-/m0/s1. The Kier molecular flexibility index (Phi) is 6.13. The molecule has 1 aromatic heterocycles. The van der Waals surface area contributed by atoms with Crippen LogP contribution in [0.3, 0.4) is 0 Å². The van der Waals surface area contributed by atoms with Crippen molar-refractivity contribution in [2.45, 2.75) is 43.9 Å². The van der Waals surface area contributed by atoms with Crippen molar-refractivity contribution in [3.8, 4) is 11.1 Å². The van der Waals surface area contributed by atoms with Gasteiger partial charge in [-0.2, -0.15) is 0 Å². The van der Waals surface area contributed by atoms with E-state index >= 15 is 0 Å². The highest BCUT2D eigenvalue weighted by Crippen LogP contribution is 2.36. The van der Waals surface area contributed by atoms with Crippen molar-refractivity contribution in [1.82, 2.24) is 9.55 Å². The van der Waals surface area contributed by atoms with E-state index in [1.807, 2.05) is 12.2 Å². The van der Waals surface area contributed by atoms with Crippen LogP contribution >= 0.6 is 0 Å². The minimum Gasteiger partial charge on any atom is -0.394 e. The van der Waals surface area contributed by atoms with Gasteiger partial charge in [0.2, 0.25) is 0 Å². The summed E-state index contributed by atoms with van der Waals surface area (Å²) in [5.74, 6) is 1.16. The van der Waals surface area contributed by atoms with E-state index in [0.29, 0.717) is 17.8 Å². The first kappa shape index (κ1) is 20.5. The van der Waals surface area contributed by atoms with Gasteiger partial charge in [-0.25, -0.2) is 4.98 Å². The quantitative estimate of drug-likeness (QED) is 0.556. The van der Waals surface area contributed by atoms with E-state index in [9.17, 15) is 10.2 Å². The largest absolute Gasteiger partial charge is 0.394 e. The molecule has 1 fully saturated rings. The van der Waals surface area contributed by atoms with Crippen molar-refractivity contribution >= 4 is 6.08 Å². The van der Waals surface area contributed by atoms with Crippen molar-refractivity contribution in [2.24, 2.45) is 5.73 Å². The molecule has 0 radical (unpaired) electrons. The molecule has 0 saturated heterocycles. The molecule has 1 heterocycles. The summed E-state index contributed by atoms with van der Waals surface area (Å²) in [4.78, 5) is 4.18. The molecule has 2 atom stereocenters. The number of nitrogens with zero attached hydrogens (tertiary/aromatic N) is 2. The van der Waals surface area contributed by atoms with Crippen LogP contribution in [0.2, 0.25) is 0 Å². The Labute approximate surface area is 177 Å². The first-order valence-corrected chi connectivity index (χ1v) is 10.5. The Morgan fingerprint density at radius 2 is 1.73 bits per heavy atom. The SMILES string of the molecule is C[C@H](O)c1nccn1[C@@H](/C=C/c1ccc(-c2ccc(C3CC(N)C3)cc2)cc1)CO. The van der Waals surface area contributed by atoms with Gasteiger partial charge in [0.1, 0.15) is 11.9 Å². The highest BCUT2D eigenvalue weighted by molar-refractivity contribution is 5.66. The number of hydrogen-bond donors (Lipinski definition) is 3. The Hall–Kier alpha value is -2.73. The van der Waals surface area contributed by atoms with Crippen LogP contribution in [0.15, 0.2) is 67.0 Å². The summed E-state index contributed by atoms with van der Waals surface area (Å²) < 4.78 is 1.80. The molecule has 0 amide bonds. The van der Waals surface area contributed by atoms with Crippen LogP contribution in [0.25, 0.3) is 17.2 Å². The highest BCUT2D eigenvalue weighted by Gasteiger charge is 2.26. The second kappa shape index (κ2) is 8.96. The summed E-state index contributed by atoms with van der Waals surface area (Å²) in [6, 6.07) is 17.3. The predicted molar refractivity (Wildman–Crippen MR) is 120 cm³/mol. The number of aromatic nitrogens is 2. The van der Waals surface area contributed by atoms with Gasteiger partial charge < -0.3 is 20.5 Å². The molecule has 5 nitrogen and oxygen atoms in total. The maximum atomic E-state index is 9.84. The lowest BCUT2D eigenvalue weighted by atomic mass is 9.76. The number of aliphatic hydroxyl groups excluding tert-OH is 2. The van der Waals surface area contributed by atoms with Crippen LogP contribution in [-0.2, 0) is 0 Å². The van der Waals surface area contributed by atoms with Crippen LogP contribution in [0.5, 0.6) is 0 Å². The Bertz CT molecular complexity index is 984. The average Bonchev–Trinajstić information content (AvgIpc) is 3.23. The third kappa shape index (κ3) is 4.38. The van der Waals surface area contributed by atoms with Gasteiger partial charge in [0.15, 0.2) is 0 Å². The molecule has 3 aromatic rings. The molecule has 2 aromatic carbocycles. The van der Waals surface area contributed by atoms with Gasteiger partial charge in [-0.3, -0.25) is 0 Å². The number of aliphatic hydroxyl groups is 2. The molecule has 4 N–H and O–H groups in total. The van der Waals surface area contributed by atoms with Crippen LogP contribution < -0.4 is 5.73 Å². The lowest BCUT2D eigenvalue weighted by molar-refractivity contribution is 0.175. The van der Waals surface area contributed by atoms with Gasteiger partial charge >= 0.3 is 0 Å². The molecular formula is C25H29N3O2. The Morgan fingerprint density at radius 3 is 2.30 bits per heavy atom. The molecule has 5 heteroatoms. The molecule has 0 spiro atoms. The molecular weight excluding hydrogens is 374 g/mol. The second-order valence-electron chi connectivity index (χ2n) is 8.15. The van der Waals surface area contributed by atoms with E-state index in [0.717, 1.165) is 18.4 Å². The lowest BCUT2D eigenvalue weighted by Crippen LogP contribution is -2.34. The number of hydrogen-bond acceptors (Lipinski definition) is 4. The zero-order valence-corrected chi connectivity index (χ0v) is 17.2. The van der Waals surface area contributed by atoms with Crippen molar-refractivity contribution in [3.63, 3.8) is 0 Å². The number of nitrogens with two attached hydrogens (primary N) is 1. The number of benzene rings is 2. The van der Waals surface area contributed by atoms with E-state index in [1.54, 1.807) is 23.9 Å². The van der Waals surface area contributed by atoms with Gasteiger partial charge in [-0.15, -0.1) is 0 Å². The second-order valence-corrected chi connectivity index (χ2v) is 8.15. The number of imidazole rings is 1. The monoisotopic (exact) mass is 403 g/mol. The molecule has 4 rings (SSSR count). The molecule has 1 aliphatic rings. The molecule has 0 aliphatic heterocycles. The topological polar surface area (TPSA) is 84.3 Å². The molecule has 0 bridgehead atoms. The van der Waals surface area contributed by atoms with Crippen molar-refractivity contribution in [3.05, 3.63) is 84.0 Å². The summed E-state index contributed by atoms with van der Waals surface area (Å²) >= 11 is 0. The predicted octanol–water partition coefficient (Wildman–Crippen LogP) is 4.05. The maximum Gasteiger partial charge on any atom is 0.137 e. The van der Waals surface area contributed by atoms with E-state index in [-0.39, 0.29) is 12.6 Å². The first-order chi connectivity index (χ1) is 14.5. The van der Waals surface area contributed by atoms with Gasteiger partial charge in [0.25, 0.3) is 0 Å². The summed E-state index contributed by atoms with van der Waals surface area (Å²) in [5.41, 5.74) is 10.7. The molecule has 156 valence electrons. The molecule has 30 heavy (non-hydrogen) atoms. The van der Waals surface area contributed by atoms with E-state index in [1.165, 1.54) is 16.7 Å². The van der Waals surface area contributed by atoms with Crippen molar-refractivity contribution < 1.29 is 10.2 Å². The lowest BCUT2D eigenvalue weighted by Gasteiger charge is -2.32. The zero-order valence-electron chi connectivity index (χ0n) is 17.2. The van der Waals surface area contributed by atoms with E-state index < -0.39 is 6.10 Å². The van der Waals surface area contributed by atoms with Crippen molar-refractivity contribution in [1.29, 1.82) is 0 Å². The fourth-order valence-corrected chi connectivity index (χ4v) is 4.06. The normalized spacial score (nSPS) is 20.8. The van der Waals surface area contributed by atoms with Gasteiger partial charge in [-0.05, 0) is 47.9 Å².